The van der Waals surface area contributed by atoms with Gasteiger partial charge in [0.05, 0.1) is 24.4 Å². The molecule has 0 saturated heterocycles. The third kappa shape index (κ3) is 1.97. The summed E-state index contributed by atoms with van der Waals surface area (Å²) in [6.07, 6.45) is 1.56. The van der Waals surface area contributed by atoms with Crippen LogP contribution in [-0.4, -0.2) is 21.3 Å². The molecule has 0 radical (unpaired) electrons. The molecule has 2 aromatic heterocycles. The molecule has 2 rings (SSSR count). The van der Waals surface area contributed by atoms with Gasteiger partial charge in [-0.3, -0.25) is 9.36 Å². The molecule has 0 bridgehead atoms. The van der Waals surface area contributed by atoms with Crippen molar-refractivity contribution in [2.75, 3.05) is 6.61 Å². The van der Waals surface area contributed by atoms with E-state index < -0.39 is 0 Å². The van der Waals surface area contributed by atoms with E-state index in [0.29, 0.717) is 5.39 Å². The van der Waals surface area contributed by atoms with Gasteiger partial charge in [0.15, 0.2) is 0 Å². The second kappa shape index (κ2) is 4.82. The van der Waals surface area contributed by atoms with E-state index >= 15 is 0 Å². The molecule has 0 aromatic carbocycles. The molecule has 0 aliphatic carbocycles. The Morgan fingerprint density at radius 3 is 2.67 bits per heavy atom. The largest absolute Gasteiger partial charge is 0.394 e. The van der Waals surface area contributed by atoms with Gasteiger partial charge in [0.25, 0.3) is 5.56 Å². The summed E-state index contributed by atoms with van der Waals surface area (Å²) in [4.78, 5) is 18.7. The minimum absolute atomic E-state index is 0.0467. The van der Waals surface area contributed by atoms with Gasteiger partial charge in [0.1, 0.15) is 4.83 Å². The highest BCUT2D eigenvalue weighted by Crippen LogP contribution is 2.26. The molecule has 1 N–H and O–H groups in total. The number of fused-ring (bicyclic) bond motifs is 1. The van der Waals surface area contributed by atoms with Crippen molar-refractivity contribution in [3.05, 3.63) is 27.1 Å². The lowest BCUT2D eigenvalue weighted by atomic mass is 10.1. The zero-order valence-corrected chi connectivity index (χ0v) is 11.9. The zero-order valence-electron chi connectivity index (χ0n) is 11.1. The Bertz CT molecular complexity index is 628. The SMILES string of the molecule is Cc1sc2ncn([C@@H](CO)C(C)C)c(=O)c2c1C. The van der Waals surface area contributed by atoms with Crippen LogP contribution >= 0.6 is 11.3 Å². The van der Waals surface area contributed by atoms with Crippen molar-refractivity contribution in [1.29, 1.82) is 0 Å². The predicted octanol–water partition coefficient (Wildman–Crippen LogP) is 2.26. The molecule has 2 aromatic rings. The number of aromatic nitrogens is 2. The highest BCUT2D eigenvalue weighted by atomic mass is 32.1. The highest BCUT2D eigenvalue weighted by molar-refractivity contribution is 7.18. The van der Waals surface area contributed by atoms with Crippen molar-refractivity contribution in [1.82, 2.24) is 9.55 Å². The number of aryl methyl sites for hydroxylation is 2. The van der Waals surface area contributed by atoms with E-state index in [-0.39, 0.29) is 24.1 Å². The molecule has 0 aliphatic rings. The van der Waals surface area contributed by atoms with Crippen LogP contribution < -0.4 is 5.56 Å². The topological polar surface area (TPSA) is 55.1 Å². The second-order valence-corrected chi connectivity index (χ2v) is 6.12. The maximum Gasteiger partial charge on any atom is 0.262 e. The fourth-order valence-electron chi connectivity index (χ4n) is 2.10. The van der Waals surface area contributed by atoms with Gasteiger partial charge < -0.3 is 5.11 Å². The number of nitrogens with zero attached hydrogens (tertiary/aromatic N) is 2. The molecule has 1 atom stereocenters. The number of aliphatic hydroxyl groups is 1. The van der Waals surface area contributed by atoms with E-state index in [9.17, 15) is 9.90 Å². The molecular weight excluding hydrogens is 248 g/mol. The Balaban J connectivity index is 2.71. The minimum Gasteiger partial charge on any atom is -0.394 e. The van der Waals surface area contributed by atoms with Gasteiger partial charge >= 0.3 is 0 Å². The summed E-state index contributed by atoms with van der Waals surface area (Å²) in [6, 6.07) is -0.214. The first-order valence-corrected chi connectivity index (χ1v) is 6.86. The van der Waals surface area contributed by atoms with Crippen LogP contribution in [0.4, 0.5) is 0 Å². The third-order valence-corrected chi connectivity index (χ3v) is 4.54. The van der Waals surface area contributed by atoms with Crippen molar-refractivity contribution >= 4 is 21.6 Å². The average Bonchev–Trinajstić information content (AvgIpc) is 2.59. The lowest BCUT2D eigenvalue weighted by Gasteiger charge is -2.20. The van der Waals surface area contributed by atoms with E-state index in [1.165, 1.54) is 0 Å². The van der Waals surface area contributed by atoms with Gasteiger partial charge in [-0.2, -0.15) is 0 Å². The Morgan fingerprint density at radius 2 is 2.11 bits per heavy atom. The smallest absolute Gasteiger partial charge is 0.262 e. The normalized spacial score (nSPS) is 13.4. The molecule has 0 saturated carbocycles. The van der Waals surface area contributed by atoms with Crippen molar-refractivity contribution in [2.24, 2.45) is 5.92 Å². The van der Waals surface area contributed by atoms with Gasteiger partial charge in [-0.25, -0.2) is 4.98 Å². The molecule has 0 spiro atoms. The van der Waals surface area contributed by atoms with Gasteiger partial charge in [0, 0.05) is 4.88 Å². The Kier molecular flexibility index (Phi) is 3.54. The van der Waals surface area contributed by atoms with E-state index in [1.54, 1.807) is 22.2 Å². The van der Waals surface area contributed by atoms with Crippen LogP contribution in [0.3, 0.4) is 0 Å². The minimum atomic E-state index is -0.214. The quantitative estimate of drug-likeness (QED) is 0.927. The Labute approximate surface area is 110 Å². The summed E-state index contributed by atoms with van der Waals surface area (Å²) >= 11 is 1.54. The van der Waals surface area contributed by atoms with Crippen molar-refractivity contribution in [3.63, 3.8) is 0 Å². The van der Waals surface area contributed by atoms with Crippen LogP contribution in [0.5, 0.6) is 0 Å². The van der Waals surface area contributed by atoms with Crippen LogP contribution in [0, 0.1) is 19.8 Å². The molecule has 2 heterocycles. The Morgan fingerprint density at radius 1 is 1.44 bits per heavy atom. The first kappa shape index (κ1) is 13.2. The lowest BCUT2D eigenvalue weighted by molar-refractivity contribution is 0.189. The summed E-state index contributed by atoms with van der Waals surface area (Å²) in [7, 11) is 0. The molecule has 0 unspecified atom stereocenters. The molecule has 4 nitrogen and oxygen atoms in total. The molecule has 0 aliphatic heterocycles. The number of hydrogen-bond acceptors (Lipinski definition) is 4. The maximum absolute atomic E-state index is 12.5. The molecule has 0 amide bonds. The van der Waals surface area contributed by atoms with Crippen LogP contribution in [0.2, 0.25) is 0 Å². The van der Waals surface area contributed by atoms with Crippen LogP contribution in [0.15, 0.2) is 11.1 Å². The fourth-order valence-corrected chi connectivity index (χ4v) is 3.09. The van der Waals surface area contributed by atoms with Gasteiger partial charge in [0.2, 0.25) is 0 Å². The molecule has 18 heavy (non-hydrogen) atoms. The summed E-state index contributed by atoms with van der Waals surface area (Å²) < 4.78 is 1.56. The van der Waals surface area contributed by atoms with E-state index in [2.05, 4.69) is 4.98 Å². The van der Waals surface area contributed by atoms with E-state index in [1.807, 2.05) is 27.7 Å². The maximum atomic E-state index is 12.5. The standard InChI is InChI=1S/C13H18N2O2S/c1-7(2)10(5-16)15-6-14-12-11(13(15)17)8(3)9(4)18-12/h6-7,10,16H,5H2,1-4H3/t10-/m0/s1. The second-order valence-electron chi connectivity index (χ2n) is 4.91. The molecule has 0 fully saturated rings. The predicted molar refractivity (Wildman–Crippen MR) is 74.3 cm³/mol. The molecule has 5 heteroatoms. The summed E-state index contributed by atoms with van der Waals surface area (Å²) in [5, 5.41) is 10.1. The lowest BCUT2D eigenvalue weighted by Crippen LogP contribution is -2.30. The van der Waals surface area contributed by atoms with Crippen molar-refractivity contribution in [3.8, 4) is 0 Å². The van der Waals surface area contributed by atoms with E-state index in [4.69, 9.17) is 0 Å². The number of hydrogen-bond donors (Lipinski definition) is 1. The van der Waals surface area contributed by atoms with Gasteiger partial charge in [-0.15, -0.1) is 11.3 Å². The first-order valence-electron chi connectivity index (χ1n) is 6.05. The number of thiophene rings is 1. The van der Waals surface area contributed by atoms with Crippen LogP contribution in [0.25, 0.3) is 10.2 Å². The summed E-state index contributed by atoms with van der Waals surface area (Å²) in [6.45, 7) is 7.88. The molecule has 98 valence electrons. The van der Waals surface area contributed by atoms with Gasteiger partial charge in [-0.1, -0.05) is 13.8 Å². The molecular formula is C13H18N2O2S. The summed E-state index contributed by atoms with van der Waals surface area (Å²) in [5.41, 5.74) is 0.955. The fraction of sp³-hybridized carbons (Fsp3) is 0.538. The third-order valence-electron chi connectivity index (χ3n) is 3.43. The monoisotopic (exact) mass is 266 g/mol. The van der Waals surface area contributed by atoms with Crippen LogP contribution in [-0.2, 0) is 0 Å². The van der Waals surface area contributed by atoms with Crippen molar-refractivity contribution < 1.29 is 5.11 Å². The Hall–Kier alpha value is -1.20. The zero-order chi connectivity index (χ0) is 13.4. The summed E-state index contributed by atoms with van der Waals surface area (Å²) in [5.74, 6) is 0.187. The number of aliphatic hydroxyl groups excluding tert-OH is 1. The average molecular weight is 266 g/mol. The first-order chi connectivity index (χ1) is 8.47. The van der Waals surface area contributed by atoms with Crippen molar-refractivity contribution in [2.45, 2.75) is 33.7 Å². The number of rotatable bonds is 3. The van der Waals surface area contributed by atoms with Gasteiger partial charge in [-0.05, 0) is 25.3 Å². The van der Waals surface area contributed by atoms with E-state index in [0.717, 1.165) is 15.3 Å². The van der Waals surface area contributed by atoms with Crippen LogP contribution in [0.1, 0.15) is 30.3 Å². The highest BCUT2D eigenvalue weighted by Gasteiger charge is 2.19.